The Kier molecular flexibility index (Phi) is 6.31. The van der Waals surface area contributed by atoms with Crippen LogP contribution in [-0.2, 0) is 0 Å². The fourth-order valence-corrected chi connectivity index (χ4v) is 1.92. The summed E-state index contributed by atoms with van der Waals surface area (Å²) in [7, 11) is 7.17. The zero-order chi connectivity index (χ0) is 15.1. The molecule has 112 valence electrons. The lowest BCUT2D eigenvalue weighted by atomic mass is 10.1. The molecular formula is C15H24N2O3. The second kappa shape index (κ2) is 7.75. The Balaban J connectivity index is 2.72. The number of aryl methyl sites for hydroxylation is 1. The number of nitrogens with zero attached hydrogens (tertiary/aromatic N) is 1. The first-order valence-electron chi connectivity index (χ1n) is 6.65. The second-order valence-corrected chi connectivity index (χ2v) is 4.93. The molecule has 5 heteroatoms. The van der Waals surface area contributed by atoms with E-state index in [0.717, 1.165) is 18.5 Å². The first-order chi connectivity index (χ1) is 9.49. The summed E-state index contributed by atoms with van der Waals surface area (Å²) in [5, 5.41) is 2.92. The third kappa shape index (κ3) is 4.42. The molecule has 0 bridgehead atoms. The summed E-state index contributed by atoms with van der Waals surface area (Å²) in [6.45, 7) is 3.49. The molecule has 0 aliphatic rings. The molecule has 1 rings (SSSR count). The summed E-state index contributed by atoms with van der Waals surface area (Å²) < 4.78 is 10.4. The number of hydrogen-bond acceptors (Lipinski definition) is 4. The van der Waals surface area contributed by atoms with E-state index in [4.69, 9.17) is 9.47 Å². The fourth-order valence-electron chi connectivity index (χ4n) is 1.92. The van der Waals surface area contributed by atoms with Gasteiger partial charge in [0.25, 0.3) is 5.91 Å². The van der Waals surface area contributed by atoms with E-state index in [1.165, 1.54) is 0 Å². The Labute approximate surface area is 120 Å². The Morgan fingerprint density at radius 2 is 1.80 bits per heavy atom. The smallest absolute Gasteiger partial charge is 0.251 e. The van der Waals surface area contributed by atoms with Crippen LogP contribution in [0.2, 0.25) is 0 Å². The van der Waals surface area contributed by atoms with E-state index in [1.54, 1.807) is 20.3 Å². The molecule has 1 aromatic rings. The maximum Gasteiger partial charge on any atom is 0.251 e. The van der Waals surface area contributed by atoms with Gasteiger partial charge in [-0.15, -0.1) is 0 Å². The molecule has 0 atom stereocenters. The van der Waals surface area contributed by atoms with E-state index in [2.05, 4.69) is 10.2 Å². The van der Waals surface area contributed by atoms with Gasteiger partial charge in [0.2, 0.25) is 0 Å². The zero-order valence-corrected chi connectivity index (χ0v) is 12.9. The van der Waals surface area contributed by atoms with Gasteiger partial charge in [-0.25, -0.2) is 0 Å². The van der Waals surface area contributed by atoms with Crippen molar-refractivity contribution in [2.45, 2.75) is 13.3 Å². The number of rotatable bonds is 7. The minimum atomic E-state index is -0.0813. The lowest BCUT2D eigenvalue weighted by molar-refractivity contribution is 0.0951. The molecule has 0 spiro atoms. The van der Waals surface area contributed by atoms with Gasteiger partial charge in [0.15, 0.2) is 11.5 Å². The average molecular weight is 280 g/mol. The monoisotopic (exact) mass is 280 g/mol. The van der Waals surface area contributed by atoms with Crippen LogP contribution >= 0.6 is 0 Å². The van der Waals surface area contributed by atoms with Gasteiger partial charge in [-0.1, -0.05) is 0 Å². The Hall–Kier alpha value is -1.75. The van der Waals surface area contributed by atoms with Crippen LogP contribution in [0.5, 0.6) is 11.5 Å². The lowest BCUT2D eigenvalue weighted by Gasteiger charge is -2.13. The molecule has 0 saturated carbocycles. The molecular weight excluding hydrogens is 256 g/mol. The molecule has 1 N–H and O–H groups in total. The molecule has 5 nitrogen and oxygen atoms in total. The number of carbonyl (C=O) groups excluding carboxylic acids is 1. The topological polar surface area (TPSA) is 50.8 Å². The van der Waals surface area contributed by atoms with Crippen molar-refractivity contribution >= 4 is 5.91 Å². The van der Waals surface area contributed by atoms with E-state index in [-0.39, 0.29) is 5.91 Å². The van der Waals surface area contributed by atoms with Gasteiger partial charge in [0.1, 0.15) is 0 Å². The largest absolute Gasteiger partial charge is 0.493 e. The maximum atomic E-state index is 12.2. The van der Waals surface area contributed by atoms with Crippen molar-refractivity contribution in [2.24, 2.45) is 0 Å². The minimum absolute atomic E-state index is 0.0813. The van der Waals surface area contributed by atoms with Gasteiger partial charge >= 0.3 is 0 Å². The molecule has 0 heterocycles. The highest BCUT2D eigenvalue weighted by molar-refractivity contribution is 5.96. The molecule has 0 aliphatic carbocycles. The lowest BCUT2D eigenvalue weighted by Crippen LogP contribution is -2.27. The quantitative estimate of drug-likeness (QED) is 0.772. The Bertz CT molecular complexity index is 459. The number of hydrogen-bond donors (Lipinski definition) is 1. The van der Waals surface area contributed by atoms with Gasteiger partial charge in [-0.2, -0.15) is 0 Å². The van der Waals surface area contributed by atoms with Crippen molar-refractivity contribution < 1.29 is 14.3 Å². The first kappa shape index (κ1) is 16.3. The Morgan fingerprint density at radius 1 is 1.20 bits per heavy atom. The molecule has 0 radical (unpaired) electrons. The van der Waals surface area contributed by atoms with Gasteiger partial charge in [-0.05, 0) is 51.7 Å². The van der Waals surface area contributed by atoms with Crippen molar-refractivity contribution in [1.82, 2.24) is 10.2 Å². The molecule has 1 aromatic carbocycles. The molecule has 0 aromatic heterocycles. The summed E-state index contributed by atoms with van der Waals surface area (Å²) in [6.07, 6.45) is 0.922. The third-order valence-electron chi connectivity index (χ3n) is 3.04. The van der Waals surface area contributed by atoms with Crippen LogP contribution < -0.4 is 14.8 Å². The van der Waals surface area contributed by atoms with Crippen molar-refractivity contribution in [3.63, 3.8) is 0 Å². The maximum absolute atomic E-state index is 12.2. The number of amides is 1. The predicted octanol–water partition coefficient (Wildman–Crippen LogP) is 1.69. The highest BCUT2D eigenvalue weighted by atomic mass is 16.5. The Morgan fingerprint density at radius 3 is 2.35 bits per heavy atom. The first-order valence-corrected chi connectivity index (χ1v) is 6.65. The molecule has 0 aliphatic heterocycles. The summed E-state index contributed by atoms with van der Waals surface area (Å²) in [5.41, 5.74) is 1.49. The predicted molar refractivity (Wildman–Crippen MR) is 79.8 cm³/mol. The van der Waals surface area contributed by atoms with Crippen LogP contribution in [0.15, 0.2) is 12.1 Å². The molecule has 0 fully saturated rings. The van der Waals surface area contributed by atoms with Crippen LogP contribution in [0.4, 0.5) is 0 Å². The highest BCUT2D eigenvalue weighted by Gasteiger charge is 2.14. The van der Waals surface area contributed by atoms with Crippen molar-refractivity contribution in [2.75, 3.05) is 41.4 Å². The number of ether oxygens (including phenoxy) is 2. The van der Waals surface area contributed by atoms with Crippen LogP contribution in [0.3, 0.4) is 0 Å². The van der Waals surface area contributed by atoms with Crippen molar-refractivity contribution in [3.8, 4) is 11.5 Å². The minimum Gasteiger partial charge on any atom is -0.493 e. The summed E-state index contributed by atoms with van der Waals surface area (Å²) in [5.74, 6) is 1.12. The molecule has 1 amide bonds. The zero-order valence-electron chi connectivity index (χ0n) is 12.9. The van der Waals surface area contributed by atoms with Crippen molar-refractivity contribution in [3.05, 3.63) is 23.3 Å². The van der Waals surface area contributed by atoms with Crippen molar-refractivity contribution in [1.29, 1.82) is 0 Å². The summed E-state index contributed by atoms with van der Waals surface area (Å²) in [6, 6.07) is 3.53. The van der Waals surface area contributed by atoms with E-state index in [9.17, 15) is 4.79 Å². The number of methoxy groups -OCH3 is 2. The SMILES string of the molecule is COc1cc(C)c(C(=O)NCCCN(C)C)cc1OC. The van der Waals surface area contributed by atoms with E-state index < -0.39 is 0 Å². The molecule has 0 unspecified atom stereocenters. The van der Waals surface area contributed by atoms with Crippen LogP contribution in [0, 0.1) is 6.92 Å². The fraction of sp³-hybridized carbons (Fsp3) is 0.533. The third-order valence-corrected chi connectivity index (χ3v) is 3.04. The number of benzene rings is 1. The number of carbonyl (C=O) groups is 1. The standard InChI is InChI=1S/C15H24N2O3/c1-11-9-13(19-4)14(20-5)10-12(11)15(18)16-7-6-8-17(2)3/h9-10H,6-8H2,1-5H3,(H,16,18). The highest BCUT2D eigenvalue weighted by Crippen LogP contribution is 2.30. The number of nitrogens with one attached hydrogen (secondary N) is 1. The van der Waals surface area contributed by atoms with Crippen LogP contribution in [-0.4, -0.2) is 52.2 Å². The summed E-state index contributed by atoms with van der Waals surface area (Å²) >= 11 is 0. The van der Waals surface area contributed by atoms with Gasteiger partial charge in [0, 0.05) is 12.1 Å². The molecule has 0 saturated heterocycles. The van der Waals surface area contributed by atoms with Gasteiger partial charge in [0.05, 0.1) is 14.2 Å². The van der Waals surface area contributed by atoms with Crippen LogP contribution in [0.1, 0.15) is 22.3 Å². The van der Waals surface area contributed by atoms with Gasteiger partial charge < -0.3 is 19.7 Å². The molecule has 20 heavy (non-hydrogen) atoms. The van der Waals surface area contributed by atoms with E-state index >= 15 is 0 Å². The normalized spacial score (nSPS) is 10.5. The second-order valence-electron chi connectivity index (χ2n) is 4.93. The average Bonchev–Trinajstić information content (AvgIpc) is 2.42. The van der Waals surface area contributed by atoms with Gasteiger partial charge in [-0.3, -0.25) is 4.79 Å². The van der Waals surface area contributed by atoms with E-state index in [1.807, 2.05) is 27.1 Å². The van der Waals surface area contributed by atoms with E-state index in [0.29, 0.717) is 23.6 Å². The van der Waals surface area contributed by atoms with Crippen LogP contribution in [0.25, 0.3) is 0 Å². The summed E-state index contributed by atoms with van der Waals surface area (Å²) in [4.78, 5) is 14.2.